The lowest BCUT2D eigenvalue weighted by atomic mass is 10.3. The monoisotopic (exact) mass is 254 g/mol. The molecular weight excluding hydrogens is 241 g/mol. The van der Waals surface area contributed by atoms with Gasteiger partial charge in [0.2, 0.25) is 0 Å². The van der Waals surface area contributed by atoms with E-state index in [0.717, 1.165) is 19.2 Å². The molecule has 92 valence electrons. The summed E-state index contributed by atoms with van der Waals surface area (Å²) in [4.78, 5) is 3.47. The highest BCUT2D eigenvalue weighted by Crippen LogP contribution is 2.34. The molecule has 0 aliphatic heterocycles. The van der Waals surface area contributed by atoms with Gasteiger partial charge in [-0.2, -0.15) is 13.2 Å². The van der Waals surface area contributed by atoms with Crippen LogP contribution in [0.4, 0.5) is 13.2 Å². The maximum atomic E-state index is 12.2. The minimum Gasteiger partial charge on any atom is -0.386 e. The quantitative estimate of drug-likeness (QED) is 0.792. The number of aliphatic hydroxyl groups excluding tert-OH is 1. The van der Waals surface area contributed by atoms with Crippen LogP contribution in [-0.2, 0) is 6.18 Å². The lowest BCUT2D eigenvalue weighted by Crippen LogP contribution is -2.21. The Bertz CT molecular complexity index is 327. The summed E-state index contributed by atoms with van der Waals surface area (Å²) in [5, 5.41) is 11.6. The van der Waals surface area contributed by atoms with Gasteiger partial charge in [0, 0.05) is 12.7 Å². The van der Waals surface area contributed by atoms with Crippen LogP contribution in [0.15, 0.2) is 6.20 Å². The standard InChI is InChI=1S/C9H13F3N2OS/c1-2-3-13-4-6(15)7-5-14-8(16-7)9(10,11)12/h5-6,13,15H,2-4H2,1H3. The first-order valence-corrected chi connectivity index (χ1v) is 5.68. The zero-order chi connectivity index (χ0) is 12.2. The van der Waals surface area contributed by atoms with E-state index in [0.29, 0.717) is 11.3 Å². The van der Waals surface area contributed by atoms with Crippen LogP contribution in [0.1, 0.15) is 29.3 Å². The van der Waals surface area contributed by atoms with Gasteiger partial charge in [0.1, 0.15) is 6.10 Å². The summed E-state index contributed by atoms with van der Waals surface area (Å²) >= 11 is 0.480. The average Bonchev–Trinajstić information content (AvgIpc) is 2.66. The number of aliphatic hydroxyl groups is 1. The van der Waals surface area contributed by atoms with Crippen molar-refractivity contribution in [3.63, 3.8) is 0 Å². The van der Waals surface area contributed by atoms with Crippen LogP contribution in [0.5, 0.6) is 0 Å². The SMILES string of the molecule is CCCNCC(O)c1cnc(C(F)(F)F)s1. The van der Waals surface area contributed by atoms with Crippen molar-refractivity contribution in [2.75, 3.05) is 13.1 Å². The first kappa shape index (κ1) is 13.4. The number of aromatic nitrogens is 1. The van der Waals surface area contributed by atoms with Gasteiger partial charge in [-0.1, -0.05) is 6.92 Å². The second-order valence-corrected chi connectivity index (χ2v) is 4.35. The molecule has 7 heteroatoms. The summed E-state index contributed by atoms with van der Waals surface area (Å²) in [7, 11) is 0. The van der Waals surface area contributed by atoms with Crippen molar-refractivity contribution in [3.05, 3.63) is 16.1 Å². The number of nitrogens with zero attached hydrogens (tertiary/aromatic N) is 1. The van der Waals surface area contributed by atoms with E-state index in [-0.39, 0.29) is 11.4 Å². The first-order chi connectivity index (χ1) is 7.45. The van der Waals surface area contributed by atoms with Gasteiger partial charge in [-0.25, -0.2) is 4.98 Å². The molecule has 0 amide bonds. The van der Waals surface area contributed by atoms with Crippen molar-refractivity contribution < 1.29 is 18.3 Å². The normalized spacial score (nSPS) is 14.1. The maximum absolute atomic E-state index is 12.2. The summed E-state index contributed by atoms with van der Waals surface area (Å²) in [5.41, 5.74) is 0. The summed E-state index contributed by atoms with van der Waals surface area (Å²) in [6.45, 7) is 2.93. The molecule has 0 bridgehead atoms. The third-order valence-corrected chi connectivity index (χ3v) is 3.00. The topological polar surface area (TPSA) is 45.1 Å². The van der Waals surface area contributed by atoms with Crippen molar-refractivity contribution in [1.82, 2.24) is 10.3 Å². The van der Waals surface area contributed by atoms with E-state index >= 15 is 0 Å². The fourth-order valence-electron chi connectivity index (χ4n) is 1.09. The number of alkyl halides is 3. The summed E-state index contributed by atoms with van der Waals surface area (Å²) in [6.07, 6.45) is -3.38. The van der Waals surface area contributed by atoms with Gasteiger partial charge in [0.05, 0.1) is 4.88 Å². The Morgan fingerprint density at radius 3 is 2.75 bits per heavy atom. The predicted octanol–water partition coefficient (Wildman–Crippen LogP) is 2.19. The van der Waals surface area contributed by atoms with Crippen LogP contribution in [0.2, 0.25) is 0 Å². The lowest BCUT2D eigenvalue weighted by Gasteiger charge is -2.08. The highest BCUT2D eigenvalue weighted by atomic mass is 32.1. The molecule has 0 aliphatic rings. The average molecular weight is 254 g/mol. The maximum Gasteiger partial charge on any atom is 0.443 e. The van der Waals surface area contributed by atoms with Crippen molar-refractivity contribution in [1.29, 1.82) is 0 Å². The van der Waals surface area contributed by atoms with Crippen LogP contribution >= 0.6 is 11.3 Å². The Labute approximate surface area is 95.3 Å². The van der Waals surface area contributed by atoms with Gasteiger partial charge in [0.15, 0.2) is 5.01 Å². The van der Waals surface area contributed by atoms with E-state index < -0.39 is 17.3 Å². The van der Waals surface area contributed by atoms with Gasteiger partial charge in [-0.15, -0.1) is 11.3 Å². The molecule has 1 aromatic rings. The molecule has 1 unspecified atom stereocenters. The van der Waals surface area contributed by atoms with Crippen molar-refractivity contribution in [3.8, 4) is 0 Å². The molecular formula is C9H13F3N2OS. The van der Waals surface area contributed by atoms with E-state index in [1.165, 1.54) is 0 Å². The molecule has 3 nitrogen and oxygen atoms in total. The number of hydrogen-bond donors (Lipinski definition) is 2. The predicted molar refractivity (Wildman–Crippen MR) is 55.2 cm³/mol. The lowest BCUT2D eigenvalue weighted by molar-refractivity contribution is -0.137. The van der Waals surface area contributed by atoms with Crippen molar-refractivity contribution >= 4 is 11.3 Å². The van der Waals surface area contributed by atoms with E-state index in [2.05, 4.69) is 10.3 Å². The Hall–Kier alpha value is -0.660. The van der Waals surface area contributed by atoms with E-state index in [1.54, 1.807) is 0 Å². The second kappa shape index (κ2) is 5.60. The Kier molecular flexibility index (Phi) is 4.69. The first-order valence-electron chi connectivity index (χ1n) is 4.87. The van der Waals surface area contributed by atoms with E-state index in [1.807, 2.05) is 6.92 Å². The van der Waals surface area contributed by atoms with E-state index in [9.17, 15) is 18.3 Å². The molecule has 1 rings (SSSR count). The van der Waals surface area contributed by atoms with Gasteiger partial charge < -0.3 is 10.4 Å². The number of rotatable bonds is 5. The molecule has 0 saturated carbocycles. The smallest absolute Gasteiger partial charge is 0.386 e. The third kappa shape index (κ3) is 3.73. The molecule has 0 saturated heterocycles. The Morgan fingerprint density at radius 2 is 2.25 bits per heavy atom. The number of halogens is 3. The minimum absolute atomic E-state index is 0.232. The summed E-state index contributed by atoms with van der Waals surface area (Å²) in [5.74, 6) is 0. The van der Waals surface area contributed by atoms with Gasteiger partial charge in [-0.3, -0.25) is 0 Å². The van der Waals surface area contributed by atoms with Crippen LogP contribution < -0.4 is 5.32 Å². The molecule has 2 N–H and O–H groups in total. The molecule has 16 heavy (non-hydrogen) atoms. The number of thiazole rings is 1. The van der Waals surface area contributed by atoms with E-state index in [4.69, 9.17) is 0 Å². The third-order valence-electron chi connectivity index (χ3n) is 1.86. The minimum atomic E-state index is -4.43. The summed E-state index contributed by atoms with van der Waals surface area (Å²) < 4.78 is 36.7. The van der Waals surface area contributed by atoms with Crippen LogP contribution in [0.25, 0.3) is 0 Å². The number of nitrogens with one attached hydrogen (secondary N) is 1. The molecule has 1 heterocycles. The largest absolute Gasteiger partial charge is 0.443 e. The zero-order valence-corrected chi connectivity index (χ0v) is 9.53. The van der Waals surface area contributed by atoms with Crippen molar-refractivity contribution in [2.24, 2.45) is 0 Å². The van der Waals surface area contributed by atoms with Crippen LogP contribution in [0.3, 0.4) is 0 Å². The number of hydrogen-bond acceptors (Lipinski definition) is 4. The highest BCUT2D eigenvalue weighted by molar-refractivity contribution is 7.11. The molecule has 0 fully saturated rings. The molecule has 0 aliphatic carbocycles. The second-order valence-electron chi connectivity index (χ2n) is 3.29. The van der Waals surface area contributed by atoms with Crippen LogP contribution in [-0.4, -0.2) is 23.2 Å². The fraction of sp³-hybridized carbons (Fsp3) is 0.667. The Balaban J connectivity index is 2.56. The van der Waals surface area contributed by atoms with Crippen molar-refractivity contribution in [2.45, 2.75) is 25.6 Å². The Morgan fingerprint density at radius 1 is 1.56 bits per heavy atom. The molecule has 0 aromatic carbocycles. The zero-order valence-electron chi connectivity index (χ0n) is 8.71. The van der Waals surface area contributed by atoms with Crippen LogP contribution in [0, 0.1) is 0 Å². The highest BCUT2D eigenvalue weighted by Gasteiger charge is 2.35. The molecule has 0 spiro atoms. The van der Waals surface area contributed by atoms with Gasteiger partial charge in [-0.05, 0) is 13.0 Å². The van der Waals surface area contributed by atoms with Gasteiger partial charge in [0.25, 0.3) is 0 Å². The molecule has 0 radical (unpaired) electrons. The summed E-state index contributed by atoms with van der Waals surface area (Å²) in [6, 6.07) is 0. The molecule has 1 aromatic heterocycles. The fourth-order valence-corrected chi connectivity index (χ4v) is 1.86. The van der Waals surface area contributed by atoms with Gasteiger partial charge >= 0.3 is 6.18 Å². The molecule has 1 atom stereocenters.